The molecule has 0 saturated carbocycles. The zero-order chi connectivity index (χ0) is 13.0. The van der Waals surface area contributed by atoms with Gasteiger partial charge in [0.25, 0.3) is 0 Å². The number of nitrogens with zero attached hydrogens (tertiary/aromatic N) is 3. The fraction of sp³-hybridized carbons (Fsp3) is 0. The molecule has 0 saturated heterocycles. The summed E-state index contributed by atoms with van der Waals surface area (Å²) in [7, 11) is 0. The lowest BCUT2D eigenvalue weighted by Crippen LogP contribution is -1.95. The Morgan fingerprint density at radius 1 is 1.00 bits per heavy atom. The molecule has 0 bridgehead atoms. The number of nitrogens with two attached hydrogens (primary N) is 1. The van der Waals surface area contributed by atoms with Gasteiger partial charge in [-0.15, -0.1) is 0 Å². The number of hydrogen-bond donors (Lipinski definition) is 2. The molecule has 0 aliphatic heterocycles. The van der Waals surface area contributed by atoms with Crippen LogP contribution in [-0.2, 0) is 0 Å². The number of aromatic nitrogens is 1. The van der Waals surface area contributed by atoms with Crippen molar-refractivity contribution < 1.29 is 0 Å². The van der Waals surface area contributed by atoms with E-state index >= 15 is 0 Å². The Labute approximate surface area is 104 Å². The molecule has 0 fully saturated rings. The highest BCUT2D eigenvalue weighted by Crippen LogP contribution is 2.20. The average molecular weight is 235 g/mol. The van der Waals surface area contributed by atoms with Crippen molar-refractivity contribution in [2.24, 2.45) is 0 Å². The van der Waals surface area contributed by atoms with E-state index in [1.165, 1.54) is 0 Å². The van der Waals surface area contributed by atoms with Crippen molar-refractivity contribution in [2.75, 3.05) is 11.1 Å². The van der Waals surface area contributed by atoms with Crippen LogP contribution in [0.3, 0.4) is 0 Å². The van der Waals surface area contributed by atoms with E-state index in [1.54, 1.807) is 36.7 Å². The third-order valence-corrected chi connectivity index (χ3v) is 2.31. The fourth-order valence-corrected chi connectivity index (χ4v) is 1.50. The van der Waals surface area contributed by atoms with Crippen LogP contribution in [0.4, 0.5) is 17.1 Å². The lowest BCUT2D eigenvalue weighted by Gasteiger charge is -2.07. The molecule has 0 spiro atoms. The second-order valence-corrected chi connectivity index (χ2v) is 3.62. The van der Waals surface area contributed by atoms with Crippen molar-refractivity contribution >= 4 is 17.1 Å². The van der Waals surface area contributed by atoms with E-state index in [2.05, 4.69) is 10.3 Å². The molecule has 0 aliphatic carbocycles. The van der Waals surface area contributed by atoms with E-state index < -0.39 is 0 Å². The van der Waals surface area contributed by atoms with Crippen LogP contribution in [0, 0.1) is 22.7 Å². The first-order chi connectivity index (χ1) is 8.72. The van der Waals surface area contributed by atoms with Crippen molar-refractivity contribution in [1.29, 1.82) is 10.5 Å². The molecule has 0 atom stereocenters. The Bertz CT molecular complexity index is 664. The van der Waals surface area contributed by atoms with Gasteiger partial charge in [0.2, 0.25) is 0 Å². The first-order valence-corrected chi connectivity index (χ1v) is 5.15. The minimum atomic E-state index is 0.333. The highest BCUT2D eigenvalue weighted by atomic mass is 14.9. The van der Waals surface area contributed by atoms with Gasteiger partial charge in [-0.05, 0) is 24.3 Å². The van der Waals surface area contributed by atoms with Crippen LogP contribution in [-0.4, -0.2) is 4.98 Å². The first-order valence-electron chi connectivity index (χ1n) is 5.15. The van der Waals surface area contributed by atoms with Crippen molar-refractivity contribution in [3.63, 3.8) is 0 Å². The number of benzene rings is 1. The van der Waals surface area contributed by atoms with E-state index in [0.29, 0.717) is 22.5 Å². The molecule has 18 heavy (non-hydrogen) atoms. The van der Waals surface area contributed by atoms with Crippen molar-refractivity contribution in [1.82, 2.24) is 4.98 Å². The van der Waals surface area contributed by atoms with Gasteiger partial charge in [0, 0.05) is 11.9 Å². The summed E-state index contributed by atoms with van der Waals surface area (Å²) in [5, 5.41) is 20.8. The first kappa shape index (κ1) is 11.4. The van der Waals surface area contributed by atoms with Gasteiger partial charge in [0.15, 0.2) is 0 Å². The maximum absolute atomic E-state index is 8.92. The molecule has 2 aromatic rings. The SMILES string of the molecule is N#Cc1ccc(Nc2cncc(N)c2)cc1C#N. The number of pyridine rings is 1. The van der Waals surface area contributed by atoms with Gasteiger partial charge in [-0.1, -0.05) is 0 Å². The van der Waals surface area contributed by atoms with Crippen molar-refractivity contribution in [2.45, 2.75) is 0 Å². The van der Waals surface area contributed by atoms with Gasteiger partial charge >= 0.3 is 0 Å². The van der Waals surface area contributed by atoms with Crippen LogP contribution in [0.2, 0.25) is 0 Å². The average Bonchev–Trinajstić information content (AvgIpc) is 2.38. The number of nitrogen functional groups attached to an aromatic ring is 1. The van der Waals surface area contributed by atoms with Crippen LogP contribution >= 0.6 is 0 Å². The summed E-state index contributed by atoms with van der Waals surface area (Å²) in [4.78, 5) is 3.95. The number of nitrogens with one attached hydrogen (secondary N) is 1. The molecule has 0 aliphatic rings. The lowest BCUT2D eigenvalue weighted by atomic mass is 10.1. The summed E-state index contributed by atoms with van der Waals surface area (Å²) in [6, 6.07) is 10.6. The van der Waals surface area contributed by atoms with E-state index in [1.807, 2.05) is 12.1 Å². The highest BCUT2D eigenvalue weighted by Gasteiger charge is 2.03. The predicted molar refractivity (Wildman–Crippen MR) is 67.8 cm³/mol. The van der Waals surface area contributed by atoms with E-state index in [-0.39, 0.29) is 0 Å². The zero-order valence-electron chi connectivity index (χ0n) is 9.38. The smallest absolute Gasteiger partial charge is 0.101 e. The topological polar surface area (TPSA) is 98.5 Å². The van der Waals surface area contributed by atoms with E-state index in [9.17, 15) is 0 Å². The molecule has 0 unspecified atom stereocenters. The highest BCUT2D eigenvalue weighted by molar-refractivity contribution is 5.65. The Hall–Kier alpha value is -3.05. The molecule has 0 radical (unpaired) electrons. The van der Waals surface area contributed by atoms with Crippen LogP contribution in [0.1, 0.15) is 11.1 Å². The lowest BCUT2D eigenvalue weighted by molar-refractivity contribution is 1.32. The Balaban J connectivity index is 2.31. The molecule has 5 nitrogen and oxygen atoms in total. The number of anilines is 3. The molecule has 1 aromatic heterocycles. The van der Waals surface area contributed by atoms with Gasteiger partial charge in [0.05, 0.1) is 28.7 Å². The largest absolute Gasteiger partial charge is 0.397 e. The van der Waals surface area contributed by atoms with Gasteiger partial charge in [0.1, 0.15) is 12.1 Å². The molecular weight excluding hydrogens is 226 g/mol. The maximum atomic E-state index is 8.92. The number of rotatable bonds is 2. The normalized spacial score (nSPS) is 9.22. The summed E-state index contributed by atoms with van der Waals surface area (Å²) in [6.07, 6.45) is 3.17. The summed E-state index contributed by atoms with van der Waals surface area (Å²) >= 11 is 0. The fourth-order valence-electron chi connectivity index (χ4n) is 1.50. The third kappa shape index (κ3) is 2.37. The van der Waals surface area contributed by atoms with Crippen molar-refractivity contribution in [3.05, 3.63) is 47.8 Å². The van der Waals surface area contributed by atoms with Gasteiger partial charge in [-0.2, -0.15) is 10.5 Å². The van der Waals surface area contributed by atoms with Crippen molar-refractivity contribution in [3.8, 4) is 12.1 Å². The molecule has 0 amide bonds. The Kier molecular flexibility index (Phi) is 3.08. The van der Waals surface area contributed by atoms with Crippen LogP contribution in [0.5, 0.6) is 0 Å². The monoisotopic (exact) mass is 235 g/mol. The molecule has 5 heteroatoms. The molecule has 3 N–H and O–H groups in total. The minimum absolute atomic E-state index is 0.333. The Morgan fingerprint density at radius 2 is 1.78 bits per heavy atom. The van der Waals surface area contributed by atoms with Crippen LogP contribution < -0.4 is 11.1 Å². The van der Waals surface area contributed by atoms with Crippen LogP contribution in [0.25, 0.3) is 0 Å². The van der Waals surface area contributed by atoms with E-state index in [0.717, 1.165) is 5.69 Å². The predicted octanol–water partition coefficient (Wildman–Crippen LogP) is 2.15. The second kappa shape index (κ2) is 4.86. The standard InChI is InChI=1S/C13H9N5/c14-5-9-1-2-12(3-10(9)6-15)18-13-4-11(16)7-17-8-13/h1-4,7-8,18H,16H2. The molecule has 86 valence electrons. The van der Waals surface area contributed by atoms with Crippen LogP contribution in [0.15, 0.2) is 36.7 Å². The molecular formula is C13H9N5. The minimum Gasteiger partial charge on any atom is -0.397 e. The maximum Gasteiger partial charge on any atom is 0.101 e. The summed E-state index contributed by atoms with van der Waals surface area (Å²) < 4.78 is 0. The number of nitriles is 2. The van der Waals surface area contributed by atoms with Gasteiger partial charge < -0.3 is 11.1 Å². The molecule has 2 rings (SSSR count). The zero-order valence-corrected chi connectivity index (χ0v) is 9.38. The summed E-state index contributed by atoms with van der Waals surface area (Å²) in [5.41, 5.74) is 8.29. The second-order valence-electron chi connectivity index (χ2n) is 3.62. The van der Waals surface area contributed by atoms with Gasteiger partial charge in [-0.25, -0.2) is 0 Å². The summed E-state index contributed by atoms with van der Waals surface area (Å²) in [6.45, 7) is 0. The van der Waals surface area contributed by atoms with E-state index in [4.69, 9.17) is 16.3 Å². The number of hydrogen-bond acceptors (Lipinski definition) is 5. The molecule has 1 heterocycles. The summed E-state index contributed by atoms with van der Waals surface area (Å²) in [5.74, 6) is 0. The van der Waals surface area contributed by atoms with Gasteiger partial charge in [-0.3, -0.25) is 4.98 Å². The molecule has 1 aromatic carbocycles. The third-order valence-electron chi connectivity index (χ3n) is 2.31. The Morgan fingerprint density at radius 3 is 2.44 bits per heavy atom. The quantitative estimate of drug-likeness (QED) is 0.830.